The van der Waals surface area contributed by atoms with Crippen molar-refractivity contribution >= 4 is 27.1 Å². The SMILES string of the molecule is C=S(=O)(c1cccc(C(F)(F)F)c1)N1CC=C(c2cccc(C(=O)NC3CC3)n2)CC1. The van der Waals surface area contributed by atoms with E-state index in [1.165, 1.54) is 12.1 Å². The molecule has 1 saturated carbocycles. The molecule has 1 N–H and O–H groups in total. The summed E-state index contributed by atoms with van der Waals surface area (Å²) in [7, 11) is -3.07. The molecule has 1 aromatic carbocycles. The Morgan fingerprint density at radius 2 is 1.94 bits per heavy atom. The van der Waals surface area contributed by atoms with Crippen molar-refractivity contribution in [2.75, 3.05) is 13.1 Å². The first-order valence-corrected chi connectivity index (χ1v) is 11.6. The van der Waals surface area contributed by atoms with Crippen LogP contribution in [0.5, 0.6) is 0 Å². The molecule has 5 nitrogen and oxygen atoms in total. The van der Waals surface area contributed by atoms with Gasteiger partial charge in [0.15, 0.2) is 0 Å². The highest BCUT2D eigenvalue weighted by Crippen LogP contribution is 2.32. The van der Waals surface area contributed by atoms with Crippen molar-refractivity contribution in [1.82, 2.24) is 14.6 Å². The van der Waals surface area contributed by atoms with E-state index in [1.54, 1.807) is 16.4 Å². The first kappa shape index (κ1) is 21.6. The predicted molar refractivity (Wildman–Crippen MR) is 114 cm³/mol. The van der Waals surface area contributed by atoms with Crippen molar-refractivity contribution in [3.05, 3.63) is 65.5 Å². The lowest BCUT2D eigenvalue weighted by atomic mass is 10.1. The Morgan fingerprint density at radius 3 is 2.58 bits per heavy atom. The second-order valence-electron chi connectivity index (χ2n) is 7.69. The number of hydrogen-bond donors (Lipinski definition) is 1. The van der Waals surface area contributed by atoms with Crippen LogP contribution in [0.3, 0.4) is 0 Å². The Labute approximate surface area is 179 Å². The molecule has 1 aliphatic heterocycles. The smallest absolute Gasteiger partial charge is 0.348 e. The quantitative estimate of drug-likeness (QED) is 0.707. The topological polar surface area (TPSA) is 62.3 Å². The average molecular weight is 449 g/mol. The van der Waals surface area contributed by atoms with E-state index in [-0.39, 0.29) is 23.4 Å². The van der Waals surface area contributed by atoms with Crippen molar-refractivity contribution in [3.63, 3.8) is 0 Å². The second-order valence-corrected chi connectivity index (χ2v) is 9.96. The maximum Gasteiger partial charge on any atom is 0.416 e. The molecule has 0 bridgehead atoms. The van der Waals surface area contributed by atoms with E-state index in [2.05, 4.69) is 16.2 Å². The lowest BCUT2D eigenvalue weighted by Gasteiger charge is -2.29. The zero-order valence-corrected chi connectivity index (χ0v) is 17.5. The zero-order chi connectivity index (χ0) is 22.2. The van der Waals surface area contributed by atoms with Crippen molar-refractivity contribution in [1.29, 1.82) is 0 Å². The number of halogens is 3. The summed E-state index contributed by atoms with van der Waals surface area (Å²) in [6, 6.07) is 9.98. The lowest BCUT2D eigenvalue weighted by molar-refractivity contribution is -0.137. The highest BCUT2D eigenvalue weighted by atomic mass is 32.2. The number of rotatable bonds is 5. The zero-order valence-electron chi connectivity index (χ0n) is 16.7. The predicted octanol–water partition coefficient (Wildman–Crippen LogP) is 3.77. The Hall–Kier alpha value is -2.65. The van der Waals surface area contributed by atoms with Crippen molar-refractivity contribution < 1.29 is 22.2 Å². The third-order valence-corrected chi connectivity index (χ3v) is 7.50. The molecule has 1 aliphatic carbocycles. The van der Waals surface area contributed by atoms with Crippen LogP contribution >= 0.6 is 0 Å². The second kappa shape index (κ2) is 8.12. The van der Waals surface area contributed by atoms with E-state index in [0.717, 1.165) is 30.5 Å². The fourth-order valence-electron chi connectivity index (χ4n) is 3.40. The Balaban J connectivity index is 1.51. The Morgan fingerprint density at radius 1 is 1.19 bits per heavy atom. The van der Waals surface area contributed by atoms with Crippen LogP contribution in [-0.4, -0.2) is 44.4 Å². The standard InChI is InChI=1S/C22H22F3N3O2S/c1-31(30,18-5-2-4-16(14-18)22(23,24)25)28-12-10-15(11-13-28)19-6-3-7-20(27-19)21(29)26-17-8-9-17/h2-7,10,14,17H,1,8-9,11-13H2,(H,26,29). The largest absolute Gasteiger partial charge is 0.416 e. The molecule has 0 spiro atoms. The van der Waals surface area contributed by atoms with Crippen molar-refractivity contribution in [3.8, 4) is 0 Å². The Kier molecular flexibility index (Phi) is 5.65. The van der Waals surface area contributed by atoms with E-state index in [1.807, 2.05) is 12.1 Å². The number of pyridine rings is 1. The highest BCUT2D eigenvalue weighted by Gasteiger charge is 2.32. The van der Waals surface area contributed by atoms with Gasteiger partial charge in [0.2, 0.25) is 0 Å². The molecular weight excluding hydrogens is 427 g/mol. The van der Waals surface area contributed by atoms with Gasteiger partial charge in [0.05, 0.1) is 21.0 Å². The molecule has 0 radical (unpaired) electrons. The summed E-state index contributed by atoms with van der Waals surface area (Å²) in [5, 5.41) is 2.91. The number of hydrogen-bond acceptors (Lipinski definition) is 3. The molecule has 31 heavy (non-hydrogen) atoms. The summed E-state index contributed by atoms with van der Waals surface area (Å²) in [4.78, 5) is 16.7. The molecule has 9 heteroatoms. The Bertz CT molecular complexity index is 1140. The molecule has 2 heterocycles. The minimum Gasteiger partial charge on any atom is -0.348 e. The van der Waals surface area contributed by atoms with Gasteiger partial charge in [-0.15, -0.1) is 0 Å². The van der Waals surface area contributed by atoms with Gasteiger partial charge < -0.3 is 5.32 Å². The first-order valence-electron chi connectivity index (χ1n) is 9.91. The van der Waals surface area contributed by atoms with Crippen molar-refractivity contribution in [2.45, 2.75) is 36.4 Å². The normalized spacial score (nSPS) is 19.4. The summed E-state index contributed by atoms with van der Waals surface area (Å²) >= 11 is 0. The number of benzene rings is 1. The van der Waals surface area contributed by atoms with Crippen LogP contribution in [0.1, 0.15) is 41.0 Å². The number of nitrogens with zero attached hydrogens (tertiary/aromatic N) is 2. The van der Waals surface area contributed by atoms with Gasteiger partial charge in [-0.1, -0.05) is 18.2 Å². The van der Waals surface area contributed by atoms with Crippen LogP contribution in [0.4, 0.5) is 13.2 Å². The fraction of sp³-hybridized carbons (Fsp3) is 0.318. The van der Waals surface area contributed by atoms with Gasteiger partial charge in [-0.25, -0.2) is 13.5 Å². The molecule has 1 atom stereocenters. The molecule has 1 amide bonds. The summed E-state index contributed by atoms with van der Waals surface area (Å²) in [5.74, 6) is 3.54. The van der Waals surface area contributed by atoms with Crippen LogP contribution in [0, 0.1) is 0 Å². The number of nitrogens with one attached hydrogen (secondary N) is 1. The highest BCUT2D eigenvalue weighted by molar-refractivity contribution is 7.98. The summed E-state index contributed by atoms with van der Waals surface area (Å²) < 4.78 is 53.9. The molecule has 164 valence electrons. The van der Waals surface area contributed by atoms with Gasteiger partial charge >= 0.3 is 6.18 Å². The molecular formula is C22H22F3N3O2S. The number of carbonyl (C=O) groups is 1. The van der Waals surface area contributed by atoms with Crippen LogP contribution in [-0.2, 0) is 15.9 Å². The molecule has 1 fully saturated rings. The molecule has 2 aromatic rings. The monoisotopic (exact) mass is 449 g/mol. The molecule has 4 rings (SSSR count). The minimum absolute atomic E-state index is 0.0519. The number of carbonyl (C=O) groups excluding carboxylic acids is 1. The minimum atomic E-state index is -4.51. The molecule has 0 saturated heterocycles. The number of alkyl halides is 3. The number of amides is 1. The van der Waals surface area contributed by atoms with Gasteiger partial charge in [-0.2, -0.15) is 13.2 Å². The summed E-state index contributed by atoms with van der Waals surface area (Å²) in [6.45, 7) is 0.610. The van der Waals surface area contributed by atoms with E-state index >= 15 is 0 Å². The van der Waals surface area contributed by atoms with Gasteiger partial charge in [0.1, 0.15) is 5.69 Å². The van der Waals surface area contributed by atoms with Crippen LogP contribution in [0.15, 0.2) is 53.4 Å². The van der Waals surface area contributed by atoms with E-state index in [9.17, 15) is 22.2 Å². The summed E-state index contributed by atoms with van der Waals surface area (Å²) in [5.41, 5.74) is 1.06. The third-order valence-electron chi connectivity index (χ3n) is 5.34. The van der Waals surface area contributed by atoms with E-state index in [0.29, 0.717) is 24.4 Å². The lowest BCUT2D eigenvalue weighted by Crippen LogP contribution is -2.34. The first-order chi connectivity index (χ1) is 14.6. The summed E-state index contributed by atoms with van der Waals surface area (Å²) in [6.07, 6.45) is -0.201. The van der Waals surface area contributed by atoms with Crippen LogP contribution in [0.25, 0.3) is 5.57 Å². The molecule has 2 aliphatic rings. The maximum absolute atomic E-state index is 13.3. The molecule has 1 unspecified atom stereocenters. The maximum atomic E-state index is 13.3. The van der Waals surface area contributed by atoms with Crippen LogP contribution in [0.2, 0.25) is 0 Å². The van der Waals surface area contributed by atoms with Gasteiger partial charge in [0, 0.05) is 24.0 Å². The average Bonchev–Trinajstić information content (AvgIpc) is 3.57. The number of aromatic nitrogens is 1. The van der Waals surface area contributed by atoms with Gasteiger partial charge in [-0.05, 0) is 61.0 Å². The third kappa shape index (κ3) is 4.83. The van der Waals surface area contributed by atoms with E-state index < -0.39 is 21.4 Å². The van der Waals surface area contributed by atoms with Gasteiger partial charge in [-0.3, -0.25) is 4.79 Å². The fourth-order valence-corrected chi connectivity index (χ4v) is 5.00. The van der Waals surface area contributed by atoms with E-state index in [4.69, 9.17) is 0 Å². The van der Waals surface area contributed by atoms with Crippen molar-refractivity contribution in [2.24, 2.45) is 0 Å². The molecule has 1 aromatic heterocycles. The van der Waals surface area contributed by atoms with Crippen LogP contribution < -0.4 is 5.32 Å². The van der Waals surface area contributed by atoms with Gasteiger partial charge in [0.25, 0.3) is 5.91 Å².